The molecule has 2 aliphatic heterocycles. The van der Waals surface area contributed by atoms with E-state index in [1.807, 2.05) is 20.8 Å². The molecule has 2 unspecified atom stereocenters. The molecule has 3 aromatic carbocycles. The Kier molecular flexibility index (Phi) is 29.6. The van der Waals surface area contributed by atoms with Gasteiger partial charge in [-0.1, -0.05) is 186 Å². The third-order valence-corrected chi connectivity index (χ3v) is 17.7. The van der Waals surface area contributed by atoms with Gasteiger partial charge in [-0.05, 0) is 70.0 Å². The zero-order valence-electron chi connectivity index (χ0n) is 50.1. The van der Waals surface area contributed by atoms with Crippen LogP contribution >= 0.6 is 20.0 Å². The van der Waals surface area contributed by atoms with Crippen LogP contribution in [-0.4, -0.2) is 94.2 Å². The summed E-state index contributed by atoms with van der Waals surface area (Å²) in [6, 6.07) is 14.3. The van der Waals surface area contributed by atoms with Crippen molar-refractivity contribution in [3.63, 3.8) is 0 Å². The number of phenolic OH excluding ortho intramolecular Hbond substituents is 2. The Labute approximate surface area is 495 Å². The molecule has 82 heavy (non-hydrogen) atoms. The number of hydrogen-bond acceptors (Lipinski definition) is 14. The Hall–Kier alpha value is -4.61. The molecule has 458 valence electrons. The molecule has 18 heteroatoms. The third-order valence-electron chi connectivity index (χ3n) is 16.3. The van der Waals surface area contributed by atoms with Crippen molar-refractivity contribution in [1.29, 1.82) is 0 Å². The number of nitrogens with zero attached hydrogens (tertiary/aromatic N) is 2. The Morgan fingerprint density at radius 2 is 1.05 bits per heavy atom. The summed E-state index contributed by atoms with van der Waals surface area (Å²) < 4.78 is 49.4. The van der Waals surface area contributed by atoms with Crippen molar-refractivity contribution in [2.75, 3.05) is 44.4 Å². The van der Waals surface area contributed by atoms with E-state index in [1.54, 1.807) is 35.3 Å². The third kappa shape index (κ3) is 19.7. The van der Waals surface area contributed by atoms with Crippen molar-refractivity contribution in [1.82, 2.24) is 0 Å². The van der Waals surface area contributed by atoms with Gasteiger partial charge < -0.3 is 39.8 Å². The van der Waals surface area contributed by atoms with Gasteiger partial charge in [-0.25, -0.2) is 14.0 Å². The first-order valence-corrected chi connectivity index (χ1v) is 33.2. The molecule has 2 aliphatic rings. The highest BCUT2D eigenvalue weighted by Crippen LogP contribution is 2.57. The highest BCUT2D eigenvalue weighted by atomic mass is 32.1. The molecule has 0 saturated carbocycles. The molecule has 5 N–H and O–H groups in total. The summed E-state index contributed by atoms with van der Waals surface area (Å²) in [6.07, 6.45) is 26.3. The first-order valence-electron chi connectivity index (χ1n) is 31.3. The molecule has 2 heterocycles. The SMILES string of the molecule is CCCCCCCCCCCCCCCC(=O)OC(C(=S)N(c1ccc2c(c1)C(=O)OC21c2ccc(O)cc2Oc2cc(O)ccc21)[N+](CC)(CC)CC)[C@H](COP(=O)(O)OCCN)OC(=O)CCCCCCCCCCCCCCC. The van der Waals surface area contributed by atoms with Crippen molar-refractivity contribution >= 4 is 48.6 Å². The van der Waals surface area contributed by atoms with E-state index < -0.39 is 50.1 Å². The molecular weight excluding hydrogens is 1080 g/mol. The lowest BCUT2D eigenvalue weighted by atomic mass is 9.77. The summed E-state index contributed by atoms with van der Waals surface area (Å²) in [6.45, 7) is 10.7. The second-order valence-corrected chi connectivity index (χ2v) is 24.1. The number of quaternary nitrogens is 1. The molecule has 16 nitrogen and oxygen atoms in total. The van der Waals surface area contributed by atoms with Crippen LogP contribution in [0.25, 0.3) is 0 Å². The number of phenols is 2. The maximum atomic E-state index is 14.5. The van der Waals surface area contributed by atoms with Crippen LogP contribution < -0.4 is 15.5 Å². The fourth-order valence-electron chi connectivity index (χ4n) is 11.5. The predicted molar refractivity (Wildman–Crippen MR) is 326 cm³/mol. The normalized spacial score (nSPS) is 14.7. The molecule has 0 fully saturated rings. The standard InChI is InChI=1S/C64H98N3O13PS/c1-6-11-13-15-17-19-21-23-25-27-29-31-33-35-59(70)78-58(48-76-81(73,74)75-44-43-65)61(79-60(71)36-34-32-30-28-26-24-22-20-18-16-14-12-7-2)62(82)66(67(8-3,9-4)10-5)49-37-40-53-52(45-49)63(72)80-64(53)54-41-38-50(68)46-56(54)77-57-47-51(69)39-42-55(57)64/h37-42,45-47,58,61H,6-36,43-44,48,65H2,1-5H3,(H2-,68,69,73,74)/p+1/t58-,61?/m0/s1. The molecule has 5 rings (SSSR count). The zero-order chi connectivity index (χ0) is 59.4. The fraction of sp³-hybridized carbons (Fsp3) is 0.656. The quantitative estimate of drug-likeness (QED) is 0.00789. The van der Waals surface area contributed by atoms with Crippen molar-refractivity contribution in [2.24, 2.45) is 5.73 Å². The number of hydrogen-bond donors (Lipinski definition) is 4. The minimum atomic E-state index is -4.78. The summed E-state index contributed by atoms with van der Waals surface area (Å²) in [5, 5.41) is 22.9. The van der Waals surface area contributed by atoms with E-state index in [0.29, 0.717) is 54.9 Å². The average molecular weight is 1180 g/mol. The van der Waals surface area contributed by atoms with E-state index >= 15 is 0 Å². The van der Waals surface area contributed by atoms with E-state index in [4.69, 9.17) is 45.9 Å². The number of phosphoric acid groups is 1. The molecular formula is C64H99N3O13PS+. The molecule has 0 amide bonds. The van der Waals surface area contributed by atoms with Crippen molar-refractivity contribution in [2.45, 2.75) is 232 Å². The minimum absolute atomic E-state index is 0.00370. The first kappa shape index (κ1) is 68.2. The Bertz CT molecular complexity index is 2450. The van der Waals surface area contributed by atoms with E-state index in [1.165, 1.54) is 127 Å². The Morgan fingerprint density at radius 3 is 1.49 bits per heavy atom. The summed E-state index contributed by atoms with van der Waals surface area (Å²) in [4.78, 5) is 53.7. The second-order valence-electron chi connectivity index (χ2n) is 22.3. The number of nitrogens with two attached hydrogens (primary N) is 1. The molecule has 3 atom stereocenters. The molecule has 0 radical (unpaired) electrons. The molecule has 0 aromatic heterocycles. The van der Waals surface area contributed by atoms with Crippen LogP contribution in [-0.2, 0) is 43.0 Å². The number of unbranched alkanes of at least 4 members (excludes halogenated alkanes) is 24. The minimum Gasteiger partial charge on any atom is -0.508 e. The summed E-state index contributed by atoms with van der Waals surface area (Å²) >= 11 is 6.52. The average Bonchev–Trinajstić information content (AvgIpc) is 2.27. The summed E-state index contributed by atoms with van der Waals surface area (Å²) in [5.41, 5.74) is 6.04. The van der Waals surface area contributed by atoms with Gasteiger partial charge in [0.05, 0.1) is 44.1 Å². The van der Waals surface area contributed by atoms with Gasteiger partial charge in [0.25, 0.3) is 0 Å². The maximum absolute atomic E-state index is 14.5. The topological polar surface area (TPSA) is 214 Å². The molecule has 0 saturated heterocycles. The van der Waals surface area contributed by atoms with Gasteiger partial charge in [0.2, 0.25) is 0 Å². The van der Waals surface area contributed by atoms with E-state index in [0.717, 1.165) is 51.4 Å². The van der Waals surface area contributed by atoms with Gasteiger partial charge >= 0.3 is 25.7 Å². The van der Waals surface area contributed by atoms with Crippen LogP contribution in [0.3, 0.4) is 0 Å². The maximum Gasteiger partial charge on any atom is 0.472 e. The number of carbonyl (C=O) groups excluding carboxylic acids is 3. The number of aromatic hydroxyl groups is 2. The van der Waals surface area contributed by atoms with Gasteiger partial charge in [-0.15, -0.1) is 0 Å². The van der Waals surface area contributed by atoms with Crippen LogP contribution in [0.15, 0.2) is 54.6 Å². The van der Waals surface area contributed by atoms with Crippen molar-refractivity contribution in [3.8, 4) is 23.0 Å². The highest BCUT2D eigenvalue weighted by Gasteiger charge is 2.54. The lowest BCUT2D eigenvalue weighted by molar-refractivity contribution is -0.924. The number of thiocarbonyl (C=S) groups is 1. The molecule has 0 bridgehead atoms. The molecule has 1 spiro atoms. The predicted octanol–water partition coefficient (Wildman–Crippen LogP) is 15.5. The van der Waals surface area contributed by atoms with Gasteiger partial charge in [-0.2, -0.15) is 5.01 Å². The van der Waals surface area contributed by atoms with Crippen LogP contribution in [0.1, 0.15) is 241 Å². The van der Waals surface area contributed by atoms with Crippen molar-refractivity contribution in [3.05, 3.63) is 76.9 Å². The lowest BCUT2D eigenvalue weighted by Crippen LogP contribution is -2.66. The smallest absolute Gasteiger partial charge is 0.472 e. The highest BCUT2D eigenvalue weighted by molar-refractivity contribution is 7.80. The molecule has 3 aromatic rings. The number of fused-ring (bicyclic) bond motifs is 6. The van der Waals surface area contributed by atoms with E-state index in [9.17, 15) is 34.1 Å². The Morgan fingerprint density at radius 1 is 0.622 bits per heavy atom. The number of esters is 3. The van der Waals surface area contributed by atoms with Gasteiger partial charge in [0.15, 0.2) is 22.8 Å². The van der Waals surface area contributed by atoms with Gasteiger partial charge in [0.1, 0.15) is 23.0 Å². The Balaban J connectivity index is 1.45. The monoisotopic (exact) mass is 1180 g/mol. The van der Waals surface area contributed by atoms with Crippen LogP contribution in [0.4, 0.5) is 5.69 Å². The fourth-order valence-corrected chi connectivity index (χ4v) is 12.7. The second kappa shape index (κ2) is 35.6. The number of anilines is 1. The van der Waals surface area contributed by atoms with E-state index in [2.05, 4.69) is 13.8 Å². The zero-order valence-corrected chi connectivity index (χ0v) is 51.9. The van der Waals surface area contributed by atoms with Gasteiger partial charge in [0, 0.05) is 48.2 Å². The number of carbonyl (C=O) groups is 3. The van der Waals surface area contributed by atoms with Crippen LogP contribution in [0.5, 0.6) is 23.0 Å². The summed E-state index contributed by atoms with van der Waals surface area (Å²) in [5.74, 6) is -1.59. The molecule has 0 aliphatic carbocycles. The lowest BCUT2D eigenvalue weighted by Gasteiger charge is -2.47. The van der Waals surface area contributed by atoms with Crippen LogP contribution in [0.2, 0.25) is 0 Å². The first-order chi connectivity index (χ1) is 39.6. The number of phosphoric ester groups is 1. The summed E-state index contributed by atoms with van der Waals surface area (Å²) in [7, 11) is -4.78. The number of rotatable bonds is 43. The number of benzene rings is 3. The van der Waals surface area contributed by atoms with Gasteiger partial charge in [-0.3, -0.25) is 18.6 Å². The van der Waals surface area contributed by atoms with Crippen LogP contribution in [0, 0.1) is 0 Å². The van der Waals surface area contributed by atoms with E-state index in [-0.39, 0.29) is 64.1 Å². The number of ether oxygens (including phenoxy) is 4. The largest absolute Gasteiger partial charge is 0.508 e. The van der Waals surface area contributed by atoms with Crippen molar-refractivity contribution < 1.29 is 66.6 Å².